The number of hydrogen-bond donors (Lipinski definition) is 0. The van der Waals surface area contributed by atoms with Crippen LogP contribution in [-0.4, -0.2) is 16.4 Å². The van der Waals surface area contributed by atoms with Crippen molar-refractivity contribution in [2.75, 3.05) is 6.61 Å². The van der Waals surface area contributed by atoms with Gasteiger partial charge in [-0.1, -0.05) is 0 Å². The maximum Gasteiger partial charge on any atom is 0.168 e. The number of hydrogen-bond acceptors (Lipinski definition) is 4. The van der Waals surface area contributed by atoms with Gasteiger partial charge in [-0.3, -0.25) is 0 Å². The molecule has 0 N–H and O–H groups in total. The van der Waals surface area contributed by atoms with Gasteiger partial charge in [0.05, 0.1) is 17.8 Å². The molecule has 0 radical (unpaired) electrons. The molecule has 1 unspecified atom stereocenters. The molecule has 5 heteroatoms. The minimum atomic E-state index is 0.00997. The Balaban J connectivity index is 1.75. The van der Waals surface area contributed by atoms with Crippen LogP contribution in [0, 0.1) is 18.3 Å². The Bertz CT molecular complexity index is 649. The van der Waals surface area contributed by atoms with Gasteiger partial charge in [0.15, 0.2) is 5.75 Å². The molecule has 0 bridgehead atoms. The summed E-state index contributed by atoms with van der Waals surface area (Å²) in [4.78, 5) is 0. The molecule has 0 spiro atoms. The van der Waals surface area contributed by atoms with Crippen LogP contribution < -0.4 is 4.74 Å². The first-order chi connectivity index (χ1) is 10.3. The average molecular weight is 283 g/mol. The smallest absolute Gasteiger partial charge is 0.168 e. The van der Waals surface area contributed by atoms with E-state index in [1.807, 2.05) is 17.8 Å². The molecular formula is C16H17N3O2. The van der Waals surface area contributed by atoms with E-state index in [1.54, 1.807) is 24.3 Å². The second-order valence-electron chi connectivity index (χ2n) is 5.12. The quantitative estimate of drug-likeness (QED) is 0.864. The summed E-state index contributed by atoms with van der Waals surface area (Å²) in [7, 11) is 0. The third kappa shape index (κ3) is 3.06. The van der Waals surface area contributed by atoms with Crippen LogP contribution in [0.4, 0.5) is 0 Å². The highest BCUT2D eigenvalue weighted by Crippen LogP contribution is 2.28. The van der Waals surface area contributed by atoms with Gasteiger partial charge < -0.3 is 9.47 Å². The van der Waals surface area contributed by atoms with E-state index in [-0.39, 0.29) is 6.23 Å². The zero-order valence-electron chi connectivity index (χ0n) is 12.0. The number of ether oxygens (including phenoxy) is 2. The molecule has 1 aromatic carbocycles. The van der Waals surface area contributed by atoms with Gasteiger partial charge in [-0.05, 0) is 50.5 Å². The van der Waals surface area contributed by atoms with Crippen LogP contribution in [0.3, 0.4) is 0 Å². The molecule has 1 saturated heterocycles. The Morgan fingerprint density at radius 1 is 1.33 bits per heavy atom. The molecule has 2 heterocycles. The molecular weight excluding hydrogens is 266 g/mol. The van der Waals surface area contributed by atoms with Crippen molar-refractivity contribution in [1.29, 1.82) is 5.26 Å². The lowest BCUT2D eigenvalue weighted by Crippen LogP contribution is -2.18. The Morgan fingerprint density at radius 2 is 2.14 bits per heavy atom. The van der Waals surface area contributed by atoms with Crippen LogP contribution in [0.1, 0.15) is 36.7 Å². The van der Waals surface area contributed by atoms with Crippen molar-refractivity contribution in [3.05, 3.63) is 41.7 Å². The van der Waals surface area contributed by atoms with Crippen LogP contribution >= 0.6 is 0 Å². The van der Waals surface area contributed by atoms with E-state index in [9.17, 15) is 0 Å². The van der Waals surface area contributed by atoms with Gasteiger partial charge in [0.25, 0.3) is 0 Å². The largest absolute Gasteiger partial charge is 0.454 e. The standard InChI is InChI=1S/C16H17N3O2/c1-12-15(21-14-7-5-13(10-17)6-8-14)11-19(18-12)16-4-2-3-9-20-16/h5-8,11,16H,2-4,9H2,1H3. The highest BCUT2D eigenvalue weighted by atomic mass is 16.5. The number of nitriles is 1. The molecule has 0 amide bonds. The summed E-state index contributed by atoms with van der Waals surface area (Å²) in [6.45, 7) is 2.70. The predicted molar refractivity (Wildman–Crippen MR) is 77.0 cm³/mol. The molecule has 3 rings (SSSR count). The summed E-state index contributed by atoms with van der Waals surface area (Å²) < 4.78 is 13.4. The molecule has 1 fully saturated rings. The number of nitrogens with zero attached hydrogens (tertiary/aromatic N) is 3. The maximum absolute atomic E-state index is 8.79. The number of benzene rings is 1. The van der Waals surface area contributed by atoms with Crippen LogP contribution in [0.15, 0.2) is 30.5 Å². The first kappa shape index (κ1) is 13.7. The van der Waals surface area contributed by atoms with Crippen molar-refractivity contribution in [3.8, 4) is 17.6 Å². The Labute approximate surface area is 123 Å². The van der Waals surface area contributed by atoms with Crippen molar-refractivity contribution in [3.63, 3.8) is 0 Å². The molecule has 1 atom stereocenters. The van der Waals surface area contributed by atoms with E-state index in [2.05, 4.69) is 11.2 Å². The van der Waals surface area contributed by atoms with Crippen LogP contribution in [0.2, 0.25) is 0 Å². The normalized spacial score (nSPS) is 18.2. The Kier molecular flexibility index (Phi) is 3.89. The summed E-state index contributed by atoms with van der Waals surface area (Å²) >= 11 is 0. The summed E-state index contributed by atoms with van der Waals surface area (Å²) in [6, 6.07) is 9.13. The summed E-state index contributed by atoms with van der Waals surface area (Å²) in [5.41, 5.74) is 1.44. The minimum absolute atomic E-state index is 0.00997. The number of aromatic nitrogens is 2. The van der Waals surface area contributed by atoms with E-state index in [1.165, 1.54) is 0 Å². The highest BCUT2D eigenvalue weighted by Gasteiger charge is 2.18. The lowest BCUT2D eigenvalue weighted by Gasteiger charge is -2.22. The number of aryl methyl sites for hydroxylation is 1. The SMILES string of the molecule is Cc1nn(C2CCCCO2)cc1Oc1ccc(C#N)cc1. The van der Waals surface area contributed by atoms with Gasteiger partial charge in [0, 0.05) is 6.61 Å². The van der Waals surface area contributed by atoms with Crippen LogP contribution in [-0.2, 0) is 4.74 Å². The van der Waals surface area contributed by atoms with Gasteiger partial charge in [-0.25, -0.2) is 4.68 Å². The fourth-order valence-electron chi connectivity index (χ4n) is 2.37. The lowest BCUT2D eigenvalue weighted by molar-refractivity contribution is -0.0397. The Morgan fingerprint density at radius 3 is 2.81 bits per heavy atom. The monoisotopic (exact) mass is 283 g/mol. The highest BCUT2D eigenvalue weighted by molar-refractivity contribution is 5.37. The molecule has 5 nitrogen and oxygen atoms in total. The molecule has 21 heavy (non-hydrogen) atoms. The van der Waals surface area contributed by atoms with Crippen molar-refractivity contribution in [1.82, 2.24) is 9.78 Å². The van der Waals surface area contributed by atoms with Gasteiger partial charge in [0.1, 0.15) is 17.7 Å². The molecule has 1 aromatic heterocycles. The molecule has 0 aliphatic carbocycles. The second kappa shape index (κ2) is 5.98. The average Bonchev–Trinajstić information content (AvgIpc) is 2.90. The van der Waals surface area contributed by atoms with Crippen LogP contribution in [0.25, 0.3) is 0 Å². The van der Waals surface area contributed by atoms with Gasteiger partial charge in [-0.2, -0.15) is 10.4 Å². The first-order valence-corrected chi connectivity index (χ1v) is 7.11. The zero-order valence-corrected chi connectivity index (χ0v) is 12.0. The summed E-state index contributed by atoms with van der Waals surface area (Å²) in [6.07, 6.45) is 5.15. The lowest BCUT2D eigenvalue weighted by atomic mass is 10.2. The van der Waals surface area contributed by atoms with E-state index in [0.717, 1.165) is 31.6 Å². The molecule has 1 aliphatic rings. The summed E-state index contributed by atoms with van der Waals surface area (Å²) in [5.74, 6) is 1.41. The van der Waals surface area contributed by atoms with E-state index in [4.69, 9.17) is 14.7 Å². The van der Waals surface area contributed by atoms with Gasteiger partial charge >= 0.3 is 0 Å². The van der Waals surface area contributed by atoms with E-state index < -0.39 is 0 Å². The maximum atomic E-state index is 8.79. The third-order valence-electron chi connectivity index (χ3n) is 3.53. The van der Waals surface area contributed by atoms with Crippen molar-refractivity contribution in [2.24, 2.45) is 0 Å². The van der Waals surface area contributed by atoms with Gasteiger partial charge in [-0.15, -0.1) is 0 Å². The summed E-state index contributed by atoms with van der Waals surface area (Å²) in [5, 5.41) is 13.3. The third-order valence-corrected chi connectivity index (χ3v) is 3.53. The molecule has 108 valence electrons. The topological polar surface area (TPSA) is 60.1 Å². The van der Waals surface area contributed by atoms with E-state index >= 15 is 0 Å². The first-order valence-electron chi connectivity index (χ1n) is 7.11. The fourth-order valence-corrected chi connectivity index (χ4v) is 2.37. The zero-order chi connectivity index (χ0) is 14.7. The minimum Gasteiger partial charge on any atom is -0.454 e. The predicted octanol–water partition coefficient (Wildman–Crippen LogP) is 3.55. The number of rotatable bonds is 3. The Hall–Kier alpha value is -2.32. The van der Waals surface area contributed by atoms with E-state index in [0.29, 0.717) is 17.1 Å². The molecule has 2 aromatic rings. The van der Waals surface area contributed by atoms with Crippen LogP contribution in [0.5, 0.6) is 11.5 Å². The van der Waals surface area contributed by atoms with Crippen molar-refractivity contribution in [2.45, 2.75) is 32.4 Å². The molecule has 0 saturated carbocycles. The van der Waals surface area contributed by atoms with Crippen molar-refractivity contribution >= 4 is 0 Å². The fraction of sp³-hybridized carbons (Fsp3) is 0.375. The van der Waals surface area contributed by atoms with Gasteiger partial charge in [0.2, 0.25) is 0 Å². The second-order valence-corrected chi connectivity index (χ2v) is 5.12. The van der Waals surface area contributed by atoms with Crippen molar-refractivity contribution < 1.29 is 9.47 Å². The molecule has 1 aliphatic heterocycles.